The van der Waals surface area contributed by atoms with Crippen LogP contribution in [0.3, 0.4) is 0 Å². The maximum atomic E-state index is 12.9. The Morgan fingerprint density at radius 3 is 2.47 bits per heavy atom. The highest BCUT2D eigenvalue weighted by Crippen LogP contribution is 2.37. The Balaban J connectivity index is 1.53. The first kappa shape index (κ1) is 19.4. The average Bonchev–Trinajstić information content (AvgIpc) is 3.26. The van der Waals surface area contributed by atoms with E-state index in [4.69, 9.17) is 9.47 Å². The minimum atomic E-state index is -1.26. The molecule has 1 fully saturated rings. The minimum Gasteiger partial charge on any atom is -0.454 e. The summed E-state index contributed by atoms with van der Waals surface area (Å²) >= 11 is 0. The maximum absolute atomic E-state index is 12.9. The number of urea groups is 1. The van der Waals surface area contributed by atoms with Gasteiger partial charge in [0.1, 0.15) is 12.1 Å². The van der Waals surface area contributed by atoms with Crippen LogP contribution in [0.5, 0.6) is 11.5 Å². The highest BCUT2D eigenvalue weighted by Gasteiger charge is 2.49. The number of rotatable bonds is 5. The van der Waals surface area contributed by atoms with Crippen LogP contribution in [0.2, 0.25) is 0 Å². The number of Topliss-reactive ketones (excluding diaryl/α,β-unsaturated/α-hetero) is 1. The molecule has 2 aromatic carbocycles. The van der Waals surface area contributed by atoms with E-state index in [9.17, 15) is 19.2 Å². The first-order chi connectivity index (χ1) is 14.3. The Morgan fingerprint density at radius 2 is 1.80 bits per heavy atom. The van der Waals surface area contributed by atoms with Crippen molar-refractivity contribution in [2.45, 2.75) is 19.4 Å². The van der Waals surface area contributed by atoms with Gasteiger partial charge in [-0.3, -0.25) is 19.3 Å². The molecule has 2 heterocycles. The van der Waals surface area contributed by atoms with Crippen molar-refractivity contribution in [3.05, 3.63) is 53.6 Å². The summed E-state index contributed by atoms with van der Waals surface area (Å²) in [7, 11) is 0. The molecule has 0 radical (unpaired) electrons. The molecule has 2 aliphatic heterocycles. The third-order valence-corrected chi connectivity index (χ3v) is 5.09. The Labute approximate surface area is 171 Å². The smallest absolute Gasteiger partial charge is 0.325 e. The summed E-state index contributed by atoms with van der Waals surface area (Å²) in [4.78, 5) is 50.8. The van der Waals surface area contributed by atoms with Crippen LogP contribution in [0.1, 0.15) is 29.8 Å². The van der Waals surface area contributed by atoms with Gasteiger partial charge >= 0.3 is 6.03 Å². The lowest BCUT2D eigenvalue weighted by Gasteiger charge is -2.22. The van der Waals surface area contributed by atoms with Crippen molar-refractivity contribution >= 4 is 29.3 Å². The molecule has 0 spiro atoms. The van der Waals surface area contributed by atoms with E-state index in [2.05, 4.69) is 10.6 Å². The van der Waals surface area contributed by atoms with Gasteiger partial charge in [-0.25, -0.2) is 4.79 Å². The van der Waals surface area contributed by atoms with Gasteiger partial charge in [0.15, 0.2) is 17.3 Å². The number of nitrogens with zero attached hydrogens (tertiary/aromatic N) is 1. The number of hydrogen-bond acceptors (Lipinski definition) is 6. The Bertz CT molecular complexity index is 1070. The number of ether oxygens (including phenoxy) is 2. The van der Waals surface area contributed by atoms with E-state index in [1.807, 2.05) is 0 Å². The summed E-state index contributed by atoms with van der Waals surface area (Å²) in [5.41, 5.74) is -0.198. The fourth-order valence-corrected chi connectivity index (χ4v) is 3.48. The lowest BCUT2D eigenvalue weighted by Crippen LogP contribution is -2.42. The SMILES string of the molecule is CC(=O)c1cc2c(cc1NC(=O)CN1C(=O)N[C@@](C)(c3ccccc3)C1=O)OCO2. The molecule has 0 aliphatic carbocycles. The summed E-state index contributed by atoms with van der Waals surface area (Å²) in [6.45, 7) is 2.46. The maximum Gasteiger partial charge on any atom is 0.325 e. The first-order valence-corrected chi connectivity index (χ1v) is 9.23. The molecule has 0 aromatic heterocycles. The number of ketones is 1. The summed E-state index contributed by atoms with van der Waals surface area (Å²) in [6.07, 6.45) is 0. The van der Waals surface area contributed by atoms with Crippen molar-refractivity contribution in [2.75, 3.05) is 18.7 Å². The van der Waals surface area contributed by atoms with Gasteiger partial charge in [-0.15, -0.1) is 0 Å². The lowest BCUT2D eigenvalue weighted by molar-refractivity contribution is -0.133. The number of imide groups is 1. The molecule has 1 atom stereocenters. The minimum absolute atomic E-state index is 0.0184. The number of anilines is 1. The Kier molecular flexibility index (Phi) is 4.65. The monoisotopic (exact) mass is 409 g/mol. The molecule has 9 nitrogen and oxygen atoms in total. The van der Waals surface area contributed by atoms with E-state index in [1.165, 1.54) is 19.1 Å². The van der Waals surface area contributed by atoms with Crippen LogP contribution in [0.4, 0.5) is 10.5 Å². The molecule has 154 valence electrons. The van der Waals surface area contributed by atoms with Crippen LogP contribution in [0, 0.1) is 0 Å². The fourth-order valence-electron chi connectivity index (χ4n) is 3.48. The van der Waals surface area contributed by atoms with E-state index >= 15 is 0 Å². The Morgan fingerprint density at radius 1 is 1.13 bits per heavy atom. The normalized spacial score (nSPS) is 19.6. The average molecular weight is 409 g/mol. The summed E-state index contributed by atoms with van der Waals surface area (Å²) in [6, 6.07) is 11.1. The van der Waals surface area contributed by atoms with Crippen LogP contribution in [0.25, 0.3) is 0 Å². The third kappa shape index (κ3) is 3.24. The molecule has 1 saturated heterocycles. The van der Waals surface area contributed by atoms with Crippen LogP contribution >= 0.6 is 0 Å². The second-order valence-electron chi connectivity index (χ2n) is 7.17. The van der Waals surface area contributed by atoms with Gasteiger partial charge in [-0.05, 0) is 25.5 Å². The van der Waals surface area contributed by atoms with E-state index in [-0.39, 0.29) is 23.8 Å². The van der Waals surface area contributed by atoms with Crippen LogP contribution in [-0.4, -0.2) is 41.9 Å². The predicted octanol–water partition coefficient (Wildman–Crippen LogP) is 2.02. The third-order valence-electron chi connectivity index (χ3n) is 5.09. The van der Waals surface area contributed by atoms with Crippen LogP contribution in [-0.2, 0) is 15.1 Å². The molecular weight excluding hydrogens is 390 g/mol. The number of hydrogen-bond donors (Lipinski definition) is 2. The van der Waals surface area contributed by atoms with E-state index < -0.39 is 29.9 Å². The number of benzene rings is 2. The molecule has 0 bridgehead atoms. The van der Waals surface area contributed by atoms with Crippen molar-refractivity contribution in [2.24, 2.45) is 0 Å². The zero-order valence-corrected chi connectivity index (χ0v) is 16.4. The predicted molar refractivity (Wildman–Crippen MR) is 105 cm³/mol. The molecule has 2 aliphatic rings. The summed E-state index contributed by atoms with van der Waals surface area (Å²) < 4.78 is 10.5. The summed E-state index contributed by atoms with van der Waals surface area (Å²) in [5, 5.41) is 5.23. The van der Waals surface area contributed by atoms with Crippen molar-refractivity contribution in [3.8, 4) is 11.5 Å². The van der Waals surface area contributed by atoms with Gasteiger partial charge in [-0.1, -0.05) is 30.3 Å². The number of nitrogens with one attached hydrogen (secondary N) is 2. The first-order valence-electron chi connectivity index (χ1n) is 9.23. The van der Waals surface area contributed by atoms with Gasteiger partial charge in [0.05, 0.1) is 5.69 Å². The van der Waals surface area contributed by atoms with Crippen molar-refractivity contribution in [1.82, 2.24) is 10.2 Å². The van der Waals surface area contributed by atoms with E-state index in [1.54, 1.807) is 37.3 Å². The highest BCUT2D eigenvalue weighted by atomic mass is 16.7. The van der Waals surface area contributed by atoms with Crippen molar-refractivity contribution < 1.29 is 28.7 Å². The molecule has 4 amide bonds. The molecular formula is C21H19N3O6. The van der Waals surface area contributed by atoms with E-state index in [0.29, 0.717) is 17.1 Å². The lowest BCUT2D eigenvalue weighted by atomic mass is 9.92. The second kappa shape index (κ2) is 7.18. The molecule has 0 unspecified atom stereocenters. The molecule has 4 rings (SSSR count). The molecule has 2 aromatic rings. The Hall–Kier alpha value is -3.88. The van der Waals surface area contributed by atoms with Crippen LogP contribution < -0.4 is 20.1 Å². The van der Waals surface area contributed by atoms with Gasteiger partial charge < -0.3 is 20.1 Å². The molecule has 30 heavy (non-hydrogen) atoms. The standard InChI is InChI=1S/C21H19N3O6/c1-12(25)14-8-16-17(30-11-29-16)9-15(14)22-18(26)10-24-19(27)21(2,23-20(24)28)13-6-4-3-5-7-13/h3-9H,10-11H2,1-2H3,(H,22,26)(H,23,28)/t21-/m0/s1. The topological polar surface area (TPSA) is 114 Å². The van der Waals surface area contributed by atoms with Gasteiger partial charge in [0, 0.05) is 11.6 Å². The zero-order chi connectivity index (χ0) is 21.5. The number of fused-ring (bicyclic) bond motifs is 1. The number of amides is 4. The van der Waals surface area contributed by atoms with Gasteiger partial charge in [0.2, 0.25) is 12.7 Å². The fraction of sp³-hybridized carbons (Fsp3) is 0.238. The zero-order valence-electron chi connectivity index (χ0n) is 16.4. The van der Waals surface area contributed by atoms with Gasteiger partial charge in [-0.2, -0.15) is 0 Å². The molecule has 9 heteroatoms. The van der Waals surface area contributed by atoms with E-state index in [0.717, 1.165) is 4.90 Å². The van der Waals surface area contributed by atoms with Crippen molar-refractivity contribution in [3.63, 3.8) is 0 Å². The largest absolute Gasteiger partial charge is 0.454 e. The molecule has 2 N–H and O–H groups in total. The summed E-state index contributed by atoms with van der Waals surface area (Å²) in [5.74, 6) is -0.647. The number of carbonyl (C=O) groups excluding carboxylic acids is 4. The molecule has 0 saturated carbocycles. The quantitative estimate of drug-likeness (QED) is 0.577. The van der Waals surface area contributed by atoms with Gasteiger partial charge in [0.25, 0.3) is 5.91 Å². The highest BCUT2D eigenvalue weighted by molar-refractivity contribution is 6.11. The number of carbonyl (C=O) groups is 4. The second-order valence-corrected chi connectivity index (χ2v) is 7.17. The van der Waals surface area contributed by atoms with Crippen LogP contribution in [0.15, 0.2) is 42.5 Å². The van der Waals surface area contributed by atoms with Crippen molar-refractivity contribution in [1.29, 1.82) is 0 Å².